The van der Waals surface area contributed by atoms with E-state index in [9.17, 15) is 9.18 Å². The number of benzene rings is 2. The Morgan fingerprint density at radius 2 is 1.89 bits per heavy atom. The maximum atomic E-state index is 14.2. The summed E-state index contributed by atoms with van der Waals surface area (Å²) in [4.78, 5) is 14.2. The molecule has 4 nitrogen and oxygen atoms in total. The van der Waals surface area contributed by atoms with Crippen molar-refractivity contribution in [3.63, 3.8) is 0 Å². The molecular weight excluding hydrogens is 369 g/mol. The Morgan fingerprint density at radius 1 is 1.11 bits per heavy atom. The Kier molecular flexibility index (Phi) is 6.14. The minimum Gasteiger partial charge on any atom is -0.484 e. The maximum Gasteiger partial charge on any atom is 0.261 e. The molecule has 27 heavy (non-hydrogen) atoms. The van der Waals surface area contributed by atoms with Crippen molar-refractivity contribution in [1.82, 2.24) is 4.90 Å². The third kappa shape index (κ3) is 5.11. The first-order chi connectivity index (χ1) is 13.0. The van der Waals surface area contributed by atoms with Gasteiger partial charge in [-0.05, 0) is 43.3 Å². The summed E-state index contributed by atoms with van der Waals surface area (Å²) in [5.41, 5.74) is 1.36. The normalized spacial score (nSPS) is 10.6. The summed E-state index contributed by atoms with van der Waals surface area (Å²) in [6.07, 6.45) is 1.52. The first kappa shape index (κ1) is 19.0. The molecule has 3 aromatic rings. The van der Waals surface area contributed by atoms with Crippen LogP contribution in [0.2, 0.25) is 5.02 Å². The van der Waals surface area contributed by atoms with Gasteiger partial charge in [-0.3, -0.25) is 4.79 Å². The van der Waals surface area contributed by atoms with E-state index in [4.69, 9.17) is 20.8 Å². The van der Waals surface area contributed by atoms with Crippen LogP contribution in [0.15, 0.2) is 65.3 Å². The fourth-order valence-corrected chi connectivity index (χ4v) is 2.79. The van der Waals surface area contributed by atoms with Crippen LogP contribution < -0.4 is 4.74 Å². The summed E-state index contributed by atoms with van der Waals surface area (Å²) in [7, 11) is 0. The van der Waals surface area contributed by atoms with Crippen LogP contribution in [0.4, 0.5) is 4.39 Å². The highest BCUT2D eigenvalue weighted by atomic mass is 35.5. The predicted octanol–water partition coefficient (Wildman–Crippen LogP) is 4.99. The van der Waals surface area contributed by atoms with Crippen molar-refractivity contribution < 1.29 is 18.3 Å². The second-order valence-electron chi connectivity index (χ2n) is 6.13. The van der Waals surface area contributed by atoms with Crippen molar-refractivity contribution >= 4 is 17.5 Å². The molecule has 0 aliphatic heterocycles. The molecule has 6 heteroatoms. The van der Waals surface area contributed by atoms with Gasteiger partial charge in [0.25, 0.3) is 5.91 Å². The smallest absolute Gasteiger partial charge is 0.261 e. The van der Waals surface area contributed by atoms with Crippen molar-refractivity contribution in [3.05, 3.63) is 88.6 Å². The molecule has 140 valence electrons. The number of rotatable bonds is 7. The zero-order valence-electron chi connectivity index (χ0n) is 14.8. The predicted molar refractivity (Wildman–Crippen MR) is 101 cm³/mol. The molecule has 1 heterocycles. The Morgan fingerprint density at radius 3 is 2.56 bits per heavy atom. The summed E-state index contributed by atoms with van der Waals surface area (Å²) in [5.74, 6) is 0.424. The minimum absolute atomic E-state index is 0.0162. The second-order valence-corrected chi connectivity index (χ2v) is 6.54. The van der Waals surface area contributed by atoms with E-state index in [2.05, 4.69) is 0 Å². The van der Waals surface area contributed by atoms with Crippen molar-refractivity contribution in [2.45, 2.75) is 20.0 Å². The Labute approximate surface area is 162 Å². The molecule has 3 rings (SSSR count). The van der Waals surface area contributed by atoms with E-state index >= 15 is 0 Å². The van der Waals surface area contributed by atoms with Gasteiger partial charge in [-0.15, -0.1) is 0 Å². The highest BCUT2D eigenvalue weighted by Crippen LogP contribution is 2.22. The topological polar surface area (TPSA) is 42.7 Å². The van der Waals surface area contributed by atoms with Crippen LogP contribution in [0, 0.1) is 12.7 Å². The van der Waals surface area contributed by atoms with Gasteiger partial charge in [0, 0.05) is 10.6 Å². The molecule has 0 unspecified atom stereocenters. The average Bonchev–Trinajstić information content (AvgIpc) is 3.16. The van der Waals surface area contributed by atoms with Crippen LogP contribution in [0.1, 0.15) is 16.9 Å². The zero-order chi connectivity index (χ0) is 19.2. The van der Waals surface area contributed by atoms with Gasteiger partial charge in [0.15, 0.2) is 6.61 Å². The fourth-order valence-electron chi connectivity index (χ4n) is 2.57. The zero-order valence-corrected chi connectivity index (χ0v) is 15.6. The maximum absolute atomic E-state index is 14.2. The van der Waals surface area contributed by atoms with Gasteiger partial charge in [-0.1, -0.05) is 35.4 Å². The second kappa shape index (κ2) is 8.73. The van der Waals surface area contributed by atoms with Crippen LogP contribution >= 0.6 is 11.6 Å². The lowest BCUT2D eigenvalue weighted by molar-refractivity contribution is -0.134. The van der Waals surface area contributed by atoms with Crippen molar-refractivity contribution in [2.75, 3.05) is 6.61 Å². The molecule has 0 aliphatic carbocycles. The van der Waals surface area contributed by atoms with Gasteiger partial charge in [0.05, 0.1) is 19.4 Å². The molecule has 1 amide bonds. The van der Waals surface area contributed by atoms with Crippen LogP contribution in [0.3, 0.4) is 0 Å². The van der Waals surface area contributed by atoms with E-state index in [0.29, 0.717) is 11.5 Å². The summed E-state index contributed by atoms with van der Waals surface area (Å²) < 4.78 is 25.1. The highest BCUT2D eigenvalue weighted by molar-refractivity contribution is 6.31. The molecule has 2 aromatic carbocycles. The number of hydrogen-bond acceptors (Lipinski definition) is 3. The standard InChI is InChI=1S/C21H19ClFNO3/c1-15-7-9-16(10-8-15)27-14-21(25)24(12-17-4-3-11-26-17)13-18-19(22)5-2-6-20(18)23/h2-11H,12-14H2,1H3. The van der Waals surface area contributed by atoms with Gasteiger partial charge in [0.2, 0.25) is 0 Å². The van der Waals surface area contributed by atoms with Crippen LogP contribution in [0.5, 0.6) is 5.75 Å². The number of halogens is 2. The first-order valence-electron chi connectivity index (χ1n) is 8.45. The SMILES string of the molecule is Cc1ccc(OCC(=O)N(Cc2ccco2)Cc2c(F)cccc2Cl)cc1. The summed E-state index contributed by atoms with van der Waals surface area (Å²) in [6, 6.07) is 15.3. The number of hydrogen-bond donors (Lipinski definition) is 0. The molecule has 0 saturated heterocycles. The van der Waals surface area contributed by atoms with Gasteiger partial charge in [-0.2, -0.15) is 0 Å². The number of amides is 1. The van der Waals surface area contributed by atoms with Gasteiger partial charge >= 0.3 is 0 Å². The van der Waals surface area contributed by atoms with Crippen molar-refractivity contribution in [3.8, 4) is 5.75 Å². The van der Waals surface area contributed by atoms with Crippen molar-refractivity contribution in [2.24, 2.45) is 0 Å². The average molecular weight is 388 g/mol. The number of aryl methyl sites for hydroxylation is 1. The Balaban J connectivity index is 1.74. The summed E-state index contributed by atoms with van der Waals surface area (Å²) in [6.45, 7) is 2.00. The van der Waals surface area contributed by atoms with E-state index in [0.717, 1.165) is 5.56 Å². The number of carbonyl (C=O) groups is 1. The van der Waals surface area contributed by atoms with Gasteiger partial charge < -0.3 is 14.1 Å². The molecule has 0 N–H and O–H groups in total. The number of furan rings is 1. The minimum atomic E-state index is -0.459. The molecule has 0 spiro atoms. The van der Waals surface area contributed by atoms with E-state index in [1.54, 1.807) is 30.3 Å². The molecule has 0 radical (unpaired) electrons. The lowest BCUT2D eigenvalue weighted by Gasteiger charge is -2.23. The lowest BCUT2D eigenvalue weighted by atomic mass is 10.2. The van der Waals surface area contributed by atoms with Crippen molar-refractivity contribution in [1.29, 1.82) is 0 Å². The largest absolute Gasteiger partial charge is 0.484 e. The molecule has 0 fully saturated rings. The van der Waals surface area contributed by atoms with Gasteiger partial charge in [-0.25, -0.2) is 4.39 Å². The summed E-state index contributed by atoms with van der Waals surface area (Å²) in [5, 5.41) is 0.270. The summed E-state index contributed by atoms with van der Waals surface area (Å²) >= 11 is 6.12. The molecule has 0 saturated carbocycles. The third-order valence-corrected chi connectivity index (χ3v) is 4.43. The van der Waals surface area contributed by atoms with Crippen LogP contribution in [-0.4, -0.2) is 17.4 Å². The Hall–Kier alpha value is -2.79. The quantitative estimate of drug-likeness (QED) is 0.573. The number of carbonyl (C=O) groups excluding carboxylic acids is 1. The van der Waals surface area contributed by atoms with E-state index in [-0.39, 0.29) is 36.2 Å². The van der Waals surface area contributed by atoms with E-state index < -0.39 is 5.82 Å². The molecule has 0 aliphatic rings. The van der Waals surface area contributed by atoms with E-state index in [1.165, 1.54) is 23.3 Å². The van der Waals surface area contributed by atoms with Crippen LogP contribution in [0.25, 0.3) is 0 Å². The molecule has 0 bridgehead atoms. The molecule has 0 atom stereocenters. The highest BCUT2D eigenvalue weighted by Gasteiger charge is 2.20. The molecule has 1 aromatic heterocycles. The first-order valence-corrected chi connectivity index (χ1v) is 8.83. The number of nitrogens with zero attached hydrogens (tertiary/aromatic N) is 1. The van der Waals surface area contributed by atoms with Gasteiger partial charge in [0.1, 0.15) is 17.3 Å². The molecular formula is C21H19ClFNO3. The lowest BCUT2D eigenvalue weighted by Crippen LogP contribution is -2.34. The monoisotopic (exact) mass is 387 g/mol. The number of ether oxygens (including phenoxy) is 1. The fraction of sp³-hybridized carbons (Fsp3) is 0.190. The van der Waals surface area contributed by atoms with Crippen LogP contribution in [-0.2, 0) is 17.9 Å². The third-order valence-electron chi connectivity index (χ3n) is 4.07. The van der Waals surface area contributed by atoms with E-state index in [1.807, 2.05) is 19.1 Å². The Bertz CT molecular complexity index is 874.